The van der Waals surface area contributed by atoms with Crippen LogP contribution in [0.4, 0.5) is 0 Å². The molecule has 0 spiro atoms. The lowest BCUT2D eigenvalue weighted by Gasteiger charge is -2.21. The fourth-order valence-corrected chi connectivity index (χ4v) is 11.0. The van der Waals surface area contributed by atoms with Crippen molar-refractivity contribution in [2.75, 3.05) is 0 Å². The van der Waals surface area contributed by atoms with Gasteiger partial charge < -0.3 is 0 Å². The van der Waals surface area contributed by atoms with E-state index in [9.17, 15) is 0 Å². The zero-order valence-electron chi connectivity index (χ0n) is 33.3. The number of hydrogen-bond acceptors (Lipinski definition) is 0. The van der Waals surface area contributed by atoms with Crippen molar-refractivity contribution in [3.63, 3.8) is 0 Å². The molecule has 10 aromatic rings. The van der Waals surface area contributed by atoms with Crippen LogP contribution in [0.25, 0.3) is 99.1 Å². The van der Waals surface area contributed by atoms with Gasteiger partial charge in [-0.25, -0.2) is 0 Å². The summed E-state index contributed by atoms with van der Waals surface area (Å²) in [6.07, 6.45) is 0. The third-order valence-corrected chi connectivity index (χ3v) is 13.9. The molecule has 0 atom stereocenters. The predicted molar refractivity (Wildman–Crippen MR) is 247 cm³/mol. The van der Waals surface area contributed by atoms with Crippen LogP contribution in [0.3, 0.4) is 0 Å². The summed E-state index contributed by atoms with van der Waals surface area (Å²) < 4.78 is 0. The first kappa shape index (κ1) is 33.4. The molecule has 0 bridgehead atoms. The summed E-state index contributed by atoms with van der Waals surface area (Å²) in [7, 11) is 0. The van der Waals surface area contributed by atoms with E-state index < -0.39 is 0 Å². The Morgan fingerprint density at radius 2 is 0.655 bits per heavy atom. The molecule has 0 unspecified atom stereocenters. The van der Waals surface area contributed by atoms with Gasteiger partial charge in [0.15, 0.2) is 0 Å². The van der Waals surface area contributed by atoms with Crippen molar-refractivity contribution in [2.24, 2.45) is 0 Å². The fourth-order valence-electron chi connectivity index (χ4n) is 11.0. The molecular weight excluding hydrogens is 697 g/mol. The molecule has 12 rings (SSSR count). The van der Waals surface area contributed by atoms with Gasteiger partial charge in [-0.1, -0.05) is 204 Å². The van der Waals surface area contributed by atoms with Crippen LogP contribution in [0, 0.1) is 0 Å². The minimum atomic E-state index is -0.0290. The topological polar surface area (TPSA) is 0 Å². The van der Waals surface area contributed by atoms with E-state index in [4.69, 9.17) is 0 Å². The Hall–Kier alpha value is -6.76. The third-order valence-electron chi connectivity index (χ3n) is 13.9. The van der Waals surface area contributed by atoms with Gasteiger partial charge >= 0.3 is 0 Å². The number of hydrogen-bond donors (Lipinski definition) is 0. The van der Waals surface area contributed by atoms with Crippen LogP contribution in [0.5, 0.6) is 0 Å². The zero-order chi connectivity index (χ0) is 38.9. The van der Waals surface area contributed by atoms with Gasteiger partial charge in [0.25, 0.3) is 0 Å². The van der Waals surface area contributed by atoms with Crippen molar-refractivity contribution in [2.45, 2.75) is 38.5 Å². The van der Waals surface area contributed by atoms with E-state index in [1.807, 2.05) is 0 Å². The highest BCUT2D eigenvalue weighted by Crippen LogP contribution is 2.54. The Labute approximate surface area is 340 Å². The molecule has 2 aliphatic rings. The van der Waals surface area contributed by atoms with Crippen molar-refractivity contribution >= 4 is 32.3 Å². The molecule has 0 radical (unpaired) electrons. The lowest BCUT2D eigenvalue weighted by atomic mass is 9.82. The van der Waals surface area contributed by atoms with Crippen LogP contribution in [0.1, 0.15) is 49.9 Å². The van der Waals surface area contributed by atoms with Crippen LogP contribution >= 0.6 is 0 Å². The summed E-state index contributed by atoms with van der Waals surface area (Å²) in [6, 6.07) is 68.7. The second-order valence-corrected chi connectivity index (χ2v) is 17.6. The molecule has 0 amide bonds. The van der Waals surface area contributed by atoms with E-state index >= 15 is 0 Å². The maximum absolute atomic E-state index is 2.41. The number of fused-ring (bicyclic) bond motifs is 6. The second kappa shape index (κ2) is 11.9. The van der Waals surface area contributed by atoms with Gasteiger partial charge in [0.1, 0.15) is 0 Å². The lowest BCUT2D eigenvalue weighted by Crippen LogP contribution is -2.14. The summed E-state index contributed by atoms with van der Waals surface area (Å²) in [6.45, 7) is 9.43. The van der Waals surface area contributed by atoms with Crippen molar-refractivity contribution in [1.29, 1.82) is 0 Å². The van der Waals surface area contributed by atoms with Crippen LogP contribution in [-0.2, 0) is 10.8 Å². The molecule has 0 aromatic heterocycles. The Bertz CT molecular complexity index is 3320. The molecule has 0 nitrogen and oxygen atoms in total. The number of rotatable bonds is 4. The van der Waals surface area contributed by atoms with Crippen molar-refractivity contribution in [3.8, 4) is 66.8 Å². The molecule has 0 heterocycles. The van der Waals surface area contributed by atoms with Gasteiger partial charge in [0.2, 0.25) is 0 Å². The van der Waals surface area contributed by atoms with Crippen molar-refractivity contribution < 1.29 is 0 Å². The molecule has 0 aliphatic heterocycles. The highest BCUT2D eigenvalue weighted by atomic mass is 14.4. The molecular formula is C58H42. The first-order valence-corrected chi connectivity index (χ1v) is 20.7. The maximum Gasteiger partial charge on any atom is 0.0159 e. The SMILES string of the molecule is CC1(C)c2ccccc2-c2c(-c3ccc(-c4ccc5ccc6c(-c7cccc(-c8cccc9c8-c8ccccc8C9(C)C)c7)ccc7ccc4c5c76)cc3)cccc21. The predicted octanol–water partition coefficient (Wildman–Crippen LogP) is 15.9. The Kier molecular flexibility index (Phi) is 6.84. The first-order chi connectivity index (χ1) is 28.3. The average Bonchev–Trinajstić information content (AvgIpc) is 3.65. The Morgan fingerprint density at radius 1 is 0.276 bits per heavy atom. The molecule has 0 heteroatoms. The van der Waals surface area contributed by atoms with Gasteiger partial charge in [0.05, 0.1) is 0 Å². The van der Waals surface area contributed by atoms with Gasteiger partial charge in [0, 0.05) is 10.8 Å². The van der Waals surface area contributed by atoms with E-state index in [2.05, 4.69) is 210 Å². The summed E-state index contributed by atoms with van der Waals surface area (Å²) in [5.41, 5.74) is 21.2. The molecule has 0 fully saturated rings. The van der Waals surface area contributed by atoms with Gasteiger partial charge in [-0.05, 0) is 127 Å². The summed E-state index contributed by atoms with van der Waals surface area (Å²) in [4.78, 5) is 0. The van der Waals surface area contributed by atoms with E-state index in [1.165, 1.54) is 121 Å². The van der Waals surface area contributed by atoms with Crippen molar-refractivity contribution in [1.82, 2.24) is 0 Å². The van der Waals surface area contributed by atoms with Gasteiger partial charge in [-0.15, -0.1) is 0 Å². The van der Waals surface area contributed by atoms with Crippen LogP contribution < -0.4 is 0 Å². The molecule has 58 heavy (non-hydrogen) atoms. The maximum atomic E-state index is 2.41. The smallest absolute Gasteiger partial charge is 0.0159 e. The quantitative estimate of drug-likeness (QED) is 0.158. The first-order valence-electron chi connectivity index (χ1n) is 20.7. The van der Waals surface area contributed by atoms with E-state index in [1.54, 1.807) is 0 Å². The minimum absolute atomic E-state index is 0.0153. The summed E-state index contributed by atoms with van der Waals surface area (Å²) in [5, 5.41) is 7.84. The van der Waals surface area contributed by atoms with Crippen LogP contribution in [0.15, 0.2) is 182 Å². The zero-order valence-corrected chi connectivity index (χ0v) is 33.3. The molecule has 0 N–H and O–H groups in total. The standard InChI is InChI=1S/C58H42/c1-57(2)49-18-7-5-14-47(49)55-43(16-10-20-51(55)57)36-24-22-35(23-25-36)41-30-26-37-29-33-46-42(31-27-38-28-32-45(41)53(37)54(38)46)39-12-9-13-40(34-39)44-17-11-21-52-56(44)48-15-6-8-19-50(48)58(52,3)4/h5-34H,1-4H3. The molecule has 0 saturated heterocycles. The molecule has 2 aliphatic carbocycles. The second-order valence-electron chi connectivity index (χ2n) is 17.6. The van der Waals surface area contributed by atoms with E-state index in [0.717, 1.165) is 0 Å². The molecule has 10 aromatic carbocycles. The highest BCUT2D eigenvalue weighted by molar-refractivity contribution is 6.27. The Balaban J connectivity index is 0.968. The van der Waals surface area contributed by atoms with Gasteiger partial charge in [-0.3, -0.25) is 0 Å². The number of benzene rings is 10. The highest BCUT2D eigenvalue weighted by Gasteiger charge is 2.37. The Morgan fingerprint density at radius 3 is 1.19 bits per heavy atom. The molecule has 274 valence electrons. The fraction of sp³-hybridized carbons (Fsp3) is 0.103. The lowest BCUT2D eigenvalue weighted by molar-refractivity contribution is 0.660. The minimum Gasteiger partial charge on any atom is -0.0619 e. The van der Waals surface area contributed by atoms with Crippen LogP contribution in [-0.4, -0.2) is 0 Å². The monoisotopic (exact) mass is 738 g/mol. The summed E-state index contributed by atoms with van der Waals surface area (Å²) >= 11 is 0. The summed E-state index contributed by atoms with van der Waals surface area (Å²) in [5.74, 6) is 0. The third kappa shape index (κ3) is 4.52. The van der Waals surface area contributed by atoms with E-state index in [0.29, 0.717) is 0 Å². The van der Waals surface area contributed by atoms with Crippen LogP contribution in [0.2, 0.25) is 0 Å². The normalized spacial score (nSPS) is 14.5. The van der Waals surface area contributed by atoms with E-state index in [-0.39, 0.29) is 10.8 Å². The van der Waals surface area contributed by atoms with Gasteiger partial charge in [-0.2, -0.15) is 0 Å². The largest absolute Gasteiger partial charge is 0.0619 e. The van der Waals surface area contributed by atoms with Crippen molar-refractivity contribution in [3.05, 3.63) is 204 Å². The average molecular weight is 739 g/mol. The molecule has 0 saturated carbocycles.